The molecule has 90 valence electrons. The summed E-state index contributed by atoms with van der Waals surface area (Å²) < 4.78 is 0. The molecule has 1 aromatic carbocycles. The zero-order valence-corrected chi connectivity index (χ0v) is 11.4. The molecule has 17 heavy (non-hydrogen) atoms. The zero-order chi connectivity index (χ0) is 12.3. The number of benzene rings is 1. The Labute approximate surface area is 107 Å². The van der Waals surface area contributed by atoms with Gasteiger partial charge in [-0.2, -0.15) is 0 Å². The van der Waals surface area contributed by atoms with E-state index < -0.39 is 0 Å². The van der Waals surface area contributed by atoms with Gasteiger partial charge in [0.25, 0.3) is 0 Å². The average Bonchev–Trinajstić information content (AvgIpc) is 2.78. The molecule has 0 atom stereocenters. The predicted octanol–water partition coefficient (Wildman–Crippen LogP) is 3.19. The number of nitrogens with zero attached hydrogens (tertiary/aromatic N) is 1. The lowest BCUT2D eigenvalue weighted by molar-refractivity contribution is 0.780. The molecule has 0 aliphatic heterocycles. The molecule has 1 heterocycles. The highest BCUT2D eigenvalue weighted by molar-refractivity contribution is 7.13. The Hall–Kier alpha value is -1.19. The summed E-state index contributed by atoms with van der Waals surface area (Å²) in [7, 11) is 1.97. The largest absolute Gasteiger partial charge is 0.319 e. The minimum atomic E-state index is 0.982. The summed E-state index contributed by atoms with van der Waals surface area (Å²) in [5.41, 5.74) is 5.11. The first kappa shape index (κ1) is 12.3. The van der Waals surface area contributed by atoms with Gasteiger partial charge in [-0.1, -0.05) is 18.2 Å². The van der Waals surface area contributed by atoms with Crippen LogP contribution in [0.4, 0.5) is 0 Å². The van der Waals surface area contributed by atoms with Crippen molar-refractivity contribution >= 4 is 11.3 Å². The molecule has 3 heteroatoms. The van der Waals surface area contributed by atoms with Crippen LogP contribution in [0.3, 0.4) is 0 Å². The summed E-state index contributed by atoms with van der Waals surface area (Å²) in [4.78, 5) is 4.70. The molecule has 1 aromatic heterocycles. The highest BCUT2D eigenvalue weighted by Gasteiger charge is 2.08. The first-order valence-corrected chi connectivity index (χ1v) is 6.76. The van der Waals surface area contributed by atoms with Crippen LogP contribution in [0.25, 0.3) is 10.6 Å². The number of likely N-dealkylation sites (N-methyl/N-ethyl adjacent to an activating group) is 1. The molecule has 0 spiro atoms. The van der Waals surface area contributed by atoms with Crippen LogP contribution in [-0.4, -0.2) is 18.6 Å². The molecule has 0 aliphatic carbocycles. The van der Waals surface area contributed by atoms with Gasteiger partial charge in [-0.15, -0.1) is 11.3 Å². The number of hydrogen-bond acceptors (Lipinski definition) is 3. The number of aromatic nitrogens is 1. The van der Waals surface area contributed by atoms with Crippen LogP contribution in [0, 0.1) is 13.8 Å². The number of aryl methyl sites for hydroxylation is 1. The van der Waals surface area contributed by atoms with Gasteiger partial charge in [-0.25, -0.2) is 4.98 Å². The topological polar surface area (TPSA) is 24.9 Å². The van der Waals surface area contributed by atoms with Crippen LogP contribution in [0.15, 0.2) is 23.6 Å². The summed E-state index contributed by atoms with van der Waals surface area (Å²) >= 11 is 1.74. The van der Waals surface area contributed by atoms with Crippen LogP contribution in [-0.2, 0) is 6.42 Å². The summed E-state index contributed by atoms with van der Waals surface area (Å²) in [5, 5.41) is 6.45. The van der Waals surface area contributed by atoms with E-state index in [4.69, 9.17) is 4.98 Å². The van der Waals surface area contributed by atoms with Crippen molar-refractivity contribution in [3.63, 3.8) is 0 Å². The van der Waals surface area contributed by atoms with E-state index in [0.29, 0.717) is 0 Å². The van der Waals surface area contributed by atoms with Crippen molar-refractivity contribution in [2.45, 2.75) is 20.3 Å². The lowest BCUT2D eigenvalue weighted by Crippen LogP contribution is -2.10. The van der Waals surface area contributed by atoms with E-state index in [-0.39, 0.29) is 0 Å². The molecule has 2 rings (SSSR count). The molecule has 2 aromatic rings. The third kappa shape index (κ3) is 2.73. The van der Waals surface area contributed by atoms with Crippen molar-refractivity contribution in [3.05, 3.63) is 40.4 Å². The standard InChI is InChI=1S/C14H18N2S/c1-10-5-4-6-13(11(10)2)14-16-12(9-17-14)7-8-15-3/h4-6,9,15H,7-8H2,1-3H3. The van der Waals surface area contributed by atoms with E-state index in [0.717, 1.165) is 18.0 Å². The fourth-order valence-corrected chi connectivity index (χ4v) is 2.72. The Balaban J connectivity index is 2.27. The number of thiazole rings is 1. The highest BCUT2D eigenvalue weighted by Crippen LogP contribution is 2.28. The van der Waals surface area contributed by atoms with E-state index in [1.807, 2.05) is 7.05 Å². The normalized spacial score (nSPS) is 10.8. The Kier molecular flexibility index (Phi) is 3.92. The van der Waals surface area contributed by atoms with E-state index in [2.05, 4.69) is 42.7 Å². The molecule has 0 amide bonds. The van der Waals surface area contributed by atoms with Gasteiger partial charge >= 0.3 is 0 Å². The summed E-state index contributed by atoms with van der Waals surface area (Å²) in [6.45, 7) is 5.30. The van der Waals surface area contributed by atoms with Gasteiger partial charge in [-0.3, -0.25) is 0 Å². The van der Waals surface area contributed by atoms with E-state index in [1.165, 1.54) is 22.4 Å². The van der Waals surface area contributed by atoms with Crippen molar-refractivity contribution < 1.29 is 0 Å². The van der Waals surface area contributed by atoms with E-state index in [9.17, 15) is 0 Å². The third-order valence-electron chi connectivity index (χ3n) is 3.02. The van der Waals surface area contributed by atoms with Gasteiger partial charge in [0, 0.05) is 23.9 Å². The number of rotatable bonds is 4. The molecule has 0 saturated carbocycles. The van der Waals surface area contributed by atoms with Crippen molar-refractivity contribution in [2.75, 3.05) is 13.6 Å². The molecule has 0 bridgehead atoms. The maximum atomic E-state index is 4.70. The average molecular weight is 246 g/mol. The van der Waals surface area contributed by atoms with Crippen LogP contribution in [0.5, 0.6) is 0 Å². The monoisotopic (exact) mass is 246 g/mol. The van der Waals surface area contributed by atoms with Crippen molar-refractivity contribution in [3.8, 4) is 10.6 Å². The van der Waals surface area contributed by atoms with E-state index in [1.54, 1.807) is 11.3 Å². The summed E-state index contributed by atoms with van der Waals surface area (Å²) in [6, 6.07) is 6.41. The van der Waals surface area contributed by atoms with Gasteiger partial charge < -0.3 is 5.32 Å². The van der Waals surface area contributed by atoms with Crippen LogP contribution < -0.4 is 5.32 Å². The quantitative estimate of drug-likeness (QED) is 0.896. The molecular formula is C14H18N2S. The van der Waals surface area contributed by atoms with Crippen molar-refractivity contribution in [1.29, 1.82) is 0 Å². The van der Waals surface area contributed by atoms with Gasteiger partial charge in [0.2, 0.25) is 0 Å². The third-order valence-corrected chi connectivity index (χ3v) is 3.94. The number of hydrogen-bond donors (Lipinski definition) is 1. The maximum absolute atomic E-state index is 4.70. The minimum absolute atomic E-state index is 0.982. The van der Waals surface area contributed by atoms with Gasteiger partial charge in [0.05, 0.1) is 5.69 Å². The van der Waals surface area contributed by atoms with Crippen LogP contribution in [0.2, 0.25) is 0 Å². The Morgan fingerprint density at radius 2 is 2.12 bits per heavy atom. The van der Waals surface area contributed by atoms with E-state index >= 15 is 0 Å². The predicted molar refractivity (Wildman–Crippen MR) is 74.7 cm³/mol. The van der Waals surface area contributed by atoms with Crippen LogP contribution in [0.1, 0.15) is 16.8 Å². The second-order valence-electron chi connectivity index (χ2n) is 4.25. The van der Waals surface area contributed by atoms with Crippen LogP contribution >= 0.6 is 11.3 Å². The Morgan fingerprint density at radius 1 is 1.29 bits per heavy atom. The van der Waals surface area contributed by atoms with Gasteiger partial charge in [-0.05, 0) is 32.0 Å². The van der Waals surface area contributed by atoms with Gasteiger partial charge in [0.15, 0.2) is 0 Å². The first-order chi connectivity index (χ1) is 8.22. The minimum Gasteiger partial charge on any atom is -0.319 e. The number of nitrogens with one attached hydrogen (secondary N) is 1. The SMILES string of the molecule is CNCCc1csc(-c2cccc(C)c2C)n1. The molecule has 0 saturated heterocycles. The fourth-order valence-electron chi connectivity index (χ4n) is 1.78. The molecule has 0 aliphatic rings. The lowest BCUT2D eigenvalue weighted by Gasteiger charge is -2.05. The molecule has 0 unspecified atom stereocenters. The van der Waals surface area contributed by atoms with Crippen molar-refractivity contribution in [2.24, 2.45) is 0 Å². The maximum Gasteiger partial charge on any atom is 0.123 e. The molecular weight excluding hydrogens is 228 g/mol. The second-order valence-corrected chi connectivity index (χ2v) is 5.10. The smallest absolute Gasteiger partial charge is 0.123 e. The van der Waals surface area contributed by atoms with Crippen molar-refractivity contribution in [1.82, 2.24) is 10.3 Å². The first-order valence-electron chi connectivity index (χ1n) is 5.88. The highest BCUT2D eigenvalue weighted by atomic mass is 32.1. The summed E-state index contributed by atoms with van der Waals surface area (Å²) in [6.07, 6.45) is 0.998. The molecule has 1 N–H and O–H groups in total. The zero-order valence-electron chi connectivity index (χ0n) is 10.6. The lowest BCUT2D eigenvalue weighted by atomic mass is 10.0. The molecule has 0 fully saturated rings. The summed E-state index contributed by atoms with van der Waals surface area (Å²) in [5.74, 6) is 0. The second kappa shape index (κ2) is 5.43. The van der Waals surface area contributed by atoms with Gasteiger partial charge in [0.1, 0.15) is 5.01 Å². The molecule has 0 radical (unpaired) electrons. The fraction of sp³-hybridized carbons (Fsp3) is 0.357. The Bertz CT molecular complexity index is 503. The molecule has 2 nitrogen and oxygen atoms in total. The Morgan fingerprint density at radius 3 is 2.88 bits per heavy atom.